The first kappa shape index (κ1) is 11.7. The monoisotopic (exact) mass is 320 g/mol. The molecule has 0 unspecified atom stereocenters. The molecule has 0 spiro atoms. The summed E-state index contributed by atoms with van der Waals surface area (Å²) in [4.78, 5) is 11.1. The third kappa shape index (κ3) is 1.69. The third-order valence-corrected chi connectivity index (χ3v) is 4.73. The van der Waals surface area contributed by atoms with Crippen molar-refractivity contribution in [2.75, 3.05) is 7.11 Å². The van der Waals surface area contributed by atoms with Gasteiger partial charge in [0.2, 0.25) is 0 Å². The first-order chi connectivity index (χ1) is 7.56. The molecule has 0 aliphatic carbocycles. The molecule has 16 heavy (non-hydrogen) atoms. The summed E-state index contributed by atoms with van der Waals surface area (Å²) in [6.45, 7) is 0. The molecule has 0 aliphatic rings. The van der Waals surface area contributed by atoms with E-state index in [4.69, 9.17) is 21.4 Å². The van der Waals surface area contributed by atoms with Crippen LogP contribution in [0.25, 0.3) is 10.1 Å². The van der Waals surface area contributed by atoms with Gasteiger partial charge in [-0.05, 0) is 28.1 Å². The number of hydrogen-bond donors (Lipinski definition) is 1. The summed E-state index contributed by atoms with van der Waals surface area (Å²) in [5.74, 6) is -0.452. The summed E-state index contributed by atoms with van der Waals surface area (Å²) < 4.78 is 6.75. The SMILES string of the molecule is COc1ccc(Br)c2sc(C(=O)O)c(Cl)c12. The number of aromatic carboxylic acids is 1. The second-order valence-electron chi connectivity index (χ2n) is 3.00. The van der Waals surface area contributed by atoms with Gasteiger partial charge in [-0.1, -0.05) is 11.6 Å². The van der Waals surface area contributed by atoms with Crippen molar-refractivity contribution in [1.82, 2.24) is 0 Å². The van der Waals surface area contributed by atoms with Gasteiger partial charge in [0.15, 0.2) is 0 Å². The summed E-state index contributed by atoms with van der Waals surface area (Å²) in [5.41, 5.74) is 0. The maximum Gasteiger partial charge on any atom is 0.347 e. The number of ether oxygens (including phenoxy) is 1. The summed E-state index contributed by atoms with van der Waals surface area (Å²) >= 11 is 10.5. The van der Waals surface area contributed by atoms with Gasteiger partial charge in [0, 0.05) is 4.47 Å². The molecule has 1 heterocycles. The molecule has 0 saturated carbocycles. The zero-order valence-corrected chi connectivity index (χ0v) is 11.2. The topological polar surface area (TPSA) is 46.5 Å². The van der Waals surface area contributed by atoms with Crippen molar-refractivity contribution in [2.45, 2.75) is 0 Å². The van der Waals surface area contributed by atoms with Crippen LogP contribution >= 0.6 is 38.9 Å². The van der Waals surface area contributed by atoms with Gasteiger partial charge in [0.25, 0.3) is 0 Å². The highest BCUT2D eigenvalue weighted by Crippen LogP contribution is 2.44. The molecule has 84 valence electrons. The molecule has 1 aromatic carbocycles. The lowest BCUT2D eigenvalue weighted by Crippen LogP contribution is -1.91. The van der Waals surface area contributed by atoms with Crippen molar-refractivity contribution in [3.05, 3.63) is 26.5 Å². The Morgan fingerprint density at radius 3 is 2.81 bits per heavy atom. The number of benzene rings is 1. The Morgan fingerprint density at radius 1 is 1.56 bits per heavy atom. The lowest BCUT2D eigenvalue weighted by atomic mass is 10.2. The van der Waals surface area contributed by atoms with Crippen LogP contribution in [0.3, 0.4) is 0 Å². The second kappa shape index (κ2) is 4.24. The standard InChI is InChI=1S/C10H6BrClO3S/c1-15-5-3-2-4(11)8-6(5)7(12)9(16-8)10(13)14/h2-3H,1H3,(H,13,14). The fraction of sp³-hybridized carbons (Fsp3) is 0.100. The lowest BCUT2D eigenvalue weighted by Gasteiger charge is -2.02. The van der Waals surface area contributed by atoms with E-state index in [1.807, 2.05) is 0 Å². The molecule has 0 amide bonds. The van der Waals surface area contributed by atoms with Gasteiger partial charge in [-0.15, -0.1) is 11.3 Å². The van der Waals surface area contributed by atoms with Crippen molar-refractivity contribution in [3.63, 3.8) is 0 Å². The number of carboxylic acids is 1. The Bertz CT molecular complexity index is 579. The van der Waals surface area contributed by atoms with Crippen molar-refractivity contribution < 1.29 is 14.6 Å². The van der Waals surface area contributed by atoms with E-state index < -0.39 is 5.97 Å². The van der Waals surface area contributed by atoms with E-state index >= 15 is 0 Å². The summed E-state index contributed by atoms with van der Waals surface area (Å²) in [5, 5.41) is 9.86. The number of halogens is 2. The quantitative estimate of drug-likeness (QED) is 0.908. The molecule has 2 rings (SSSR count). The number of carbonyl (C=O) groups is 1. The Hall–Kier alpha value is -0.780. The Kier molecular flexibility index (Phi) is 3.10. The minimum atomic E-state index is -1.03. The predicted molar refractivity (Wildman–Crippen MR) is 68.0 cm³/mol. The highest BCUT2D eigenvalue weighted by atomic mass is 79.9. The van der Waals surface area contributed by atoms with Crippen LogP contribution in [0.4, 0.5) is 0 Å². The van der Waals surface area contributed by atoms with Crippen LogP contribution in [0.15, 0.2) is 16.6 Å². The van der Waals surface area contributed by atoms with Crippen LogP contribution in [-0.2, 0) is 0 Å². The molecule has 0 fully saturated rings. The average Bonchev–Trinajstić information content (AvgIpc) is 2.59. The molecular weight excluding hydrogens is 316 g/mol. The third-order valence-electron chi connectivity index (χ3n) is 2.11. The largest absolute Gasteiger partial charge is 0.496 e. The van der Waals surface area contributed by atoms with E-state index in [-0.39, 0.29) is 9.90 Å². The lowest BCUT2D eigenvalue weighted by molar-refractivity contribution is 0.0702. The van der Waals surface area contributed by atoms with E-state index in [0.29, 0.717) is 11.1 Å². The molecule has 0 bridgehead atoms. The maximum atomic E-state index is 11.0. The van der Waals surface area contributed by atoms with Crippen LogP contribution in [-0.4, -0.2) is 18.2 Å². The number of rotatable bonds is 2. The molecule has 0 saturated heterocycles. The zero-order valence-electron chi connectivity index (χ0n) is 8.08. The smallest absolute Gasteiger partial charge is 0.347 e. The van der Waals surface area contributed by atoms with Crippen LogP contribution in [0, 0.1) is 0 Å². The molecule has 0 radical (unpaired) electrons. The minimum Gasteiger partial charge on any atom is -0.496 e. The zero-order chi connectivity index (χ0) is 11.9. The summed E-state index contributed by atoms with van der Waals surface area (Å²) in [6, 6.07) is 3.55. The van der Waals surface area contributed by atoms with Crippen LogP contribution in [0.1, 0.15) is 9.67 Å². The van der Waals surface area contributed by atoms with Crippen molar-refractivity contribution in [1.29, 1.82) is 0 Å². The molecule has 3 nitrogen and oxygen atoms in total. The molecule has 0 aliphatic heterocycles. The molecule has 6 heteroatoms. The van der Waals surface area contributed by atoms with Crippen molar-refractivity contribution in [3.8, 4) is 5.75 Å². The number of fused-ring (bicyclic) bond motifs is 1. The number of methoxy groups -OCH3 is 1. The van der Waals surface area contributed by atoms with E-state index in [1.165, 1.54) is 7.11 Å². The Morgan fingerprint density at radius 2 is 2.25 bits per heavy atom. The normalized spacial score (nSPS) is 10.7. The van der Waals surface area contributed by atoms with Gasteiger partial charge in [0.1, 0.15) is 10.6 Å². The first-order valence-electron chi connectivity index (χ1n) is 4.24. The van der Waals surface area contributed by atoms with Crippen molar-refractivity contribution >= 4 is 54.9 Å². The van der Waals surface area contributed by atoms with Gasteiger partial charge >= 0.3 is 5.97 Å². The molecular formula is C10H6BrClO3S. The van der Waals surface area contributed by atoms with Gasteiger partial charge < -0.3 is 9.84 Å². The fourth-order valence-electron chi connectivity index (χ4n) is 1.41. The number of thiophene rings is 1. The second-order valence-corrected chi connectivity index (χ2v) is 5.26. The van der Waals surface area contributed by atoms with Crippen molar-refractivity contribution in [2.24, 2.45) is 0 Å². The average molecular weight is 322 g/mol. The van der Waals surface area contributed by atoms with Crippen LogP contribution in [0.2, 0.25) is 5.02 Å². The van der Waals surface area contributed by atoms with E-state index in [9.17, 15) is 4.79 Å². The number of carboxylic acid groups (broad SMARTS) is 1. The fourth-order valence-corrected chi connectivity index (χ4v) is 3.38. The minimum absolute atomic E-state index is 0.127. The highest BCUT2D eigenvalue weighted by molar-refractivity contribution is 9.10. The van der Waals surface area contributed by atoms with Gasteiger partial charge in [-0.2, -0.15) is 0 Å². The van der Waals surface area contributed by atoms with E-state index in [2.05, 4.69) is 15.9 Å². The Labute approximate surface area is 109 Å². The van der Waals surface area contributed by atoms with Crippen LogP contribution in [0.5, 0.6) is 5.75 Å². The first-order valence-corrected chi connectivity index (χ1v) is 6.22. The molecule has 1 N–H and O–H groups in total. The van der Waals surface area contributed by atoms with Gasteiger partial charge in [-0.3, -0.25) is 0 Å². The highest BCUT2D eigenvalue weighted by Gasteiger charge is 2.20. The van der Waals surface area contributed by atoms with Gasteiger partial charge in [-0.25, -0.2) is 4.79 Å². The molecule has 2 aromatic rings. The van der Waals surface area contributed by atoms with Gasteiger partial charge in [0.05, 0.1) is 22.2 Å². The Balaban J connectivity index is 2.89. The van der Waals surface area contributed by atoms with E-state index in [0.717, 1.165) is 20.5 Å². The number of hydrogen-bond acceptors (Lipinski definition) is 3. The maximum absolute atomic E-state index is 11.0. The predicted octanol–water partition coefficient (Wildman–Crippen LogP) is 4.02. The molecule has 0 atom stereocenters. The summed E-state index contributed by atoms with van der Waals surface area (Å²) in [6.07, 6.45) is 0. The van der Waals surface area contributed by atoms with E-state index in [1.54, 1.807) is 12.1 Å². The van der Waals surface area contributed by atoms with Crippen LogP contribution < -0.4 is 4.74 Å². The molecule has 1 aromatic heterocycles. The summed E-state index contributed by atoms with van der Waals surface area (Å²) in [7, 11) is 1.52.